The van der Waals surface area contributed by atoms with Crippen molar-refractivity contribution in [2.75, 3.05) is 19.6 Å². The van der Waals surface area contributed by atoms with Crippen LogP contribution in [-0.4, -0.2) is 36.5 Å². The number of nitrogens with one attached hydrogen (secondary N) is 1. The minimum absolute atomic E-state index is 0.0755. The first-order valence-corrected chi connectivity index (χ1v) is 10.1. The molecule has 0 atom stereocenters. The molecule has 3 rings (SSSR count). The molecule has 29 heavy (non-hydrogen) atoms. The second kappa shape index (κ2) is 10.1. The molecule has 6 heteroatoms. The van der Waals surface area contributed by atoms with Gasteiger partial charge in [-0.15, -0.1) is 0 Å². The maximum Gasteiger partial charge on any atom is 0.410 e. The first-order valence-electron chi connectivity index (χ1n) is 10.1. The fraction of sp³-hybridized carbons (Fsp3) is 0.391. The molecular weight excluding hydrogens is 366 g/mol. The van der Waals surface area contributed by atoms with E-state index in [-0.39, 0.29) is 18.6 Å². The van der Waals surface area contributed by atoms with E-state index in [1.807, 2.05) is 43.3 Å². The van der Waals surface area contributed by atoms with E-state index in [0.29, 0.717) is 37.7 Å². The van der Waals surface area contributed by atoms with Gasteiger partial charge in [0.2, 0.25) is 0 Å². The minimum Gasteiger partial charge on any atom is -0.445 e. The highest BCUT2D eigenvalue weighted by molar-refractivity contribution is 5.94. The predicted octanol–water partition coefficient (Wildman–Crippen LogP) is 3.23. The third-order valence-corrected chi connectivity index (χ3v) is 5.36. The smallest absolute Gasteiger partial charge is 0.410 e. The molecule has 3 N–H and O–H groups in total. The molecule has 154 valence electrons. The molecule has 2 aromatic carbocycles. The molecule has 2 amide bonds. The van der Waals surface area contributed by atoms with Gasteiger partial charge in [0.15, 0.2) is 0 Å². The molecule has 0 radical (unpaired) electrons. The summed E-state index contributed by atoms with van der Waals surface area (Å²) < 4.78 is 5.43. The maximum absolute atomic E-state index is 12.3. The summed E-state index contributed by atoms with van der Waals surface area (Å²) >= 11 is 0. The summed E-state index contributed by atoms with van der Waals surface area (Å²) in [7, 11) is 0. The van der Waals surface area contributed by atoms with Gasteiger partial charge in [0, 0.05) is 31.7 Å². The minimum atomic E-state index is -0.270. The Kier molecular flexibility index (Phi) is 7.25. The summed E-state index contributed by atoms with van der Waals surface area (Å²) in [5.74, 6) is 0.289. The lowest BCUT2D eigenvalue weighted by atomic mass is 9.97. The zero-order chi connectivity index (χ0) is 20.6. The molecule has 1 fully saturated rings. The van der Waals surface area contributed by atoms with Crippen LogP contribution >= 0.6 is 0 Å². The third kappa shape index (κ3) is 6.06. The normalized spacial score (nSPS) is 14.5. The highest BCUT2D eigenvalue weighted by atomic mass is 16.6. The number of likely N-dealkylation sites (tertiary alicyclic amines) is 1. The Morgan fingerprint density at radius 3 is 2.28 bits per heavy atom. The van der Waals surface area contributed by atoms with Crippen LogP contribution in [0, 0.1) is 12.8 Å². The molecule has 6 nitrogen and oxygen atoms in total. The van der Waals surface area contributed by atoms with Gasteiger partial charge in [-0.3, -0.25) is 4.79 Å². The van der Waals surface area contributed by atoms with Crippen molar-refractivity contribution in [1.82, 2.24) is 10.2 Å². The van der Waals surface area contributed by atoms with Crippen molar-refractivity contribution in [3.05, 3.63) is 70.8 Å². The van der Waals surface area contributed by atoms with Crippen molar-refractivity contribution in [3.8, 4) is 0 Å². The highest BCUT2D eigenvalue weighted by Gasteiger charge is 2.24. The van der Waals surface area contributed by atoms with Crippen LogP contribution in [0.1, 0.15) is 39.9 Å². The molecule has 1 aliphatic rings. The number of benzene rings is 2. The topological polar surface area (TPSA) is 84.7 Å². The number of aryl methyl sites for hydroxylation is 1. The number of hydrogen-bond donors (Lipinski definition) is 2. The molecule has 0 unspecified atom stereocenters. The predicted molar refractivity (Wildman–Crippen MR) is 112 cm³/mol. The van der Waals surface area contributed by atoms with Gasteiger partial charge in [-0.2, -0.15) is 0 Å². The summed E-state index contributed by atoms with van der Waals surface area (Å²) in [5, 5.41) is 3.00. The van der Waals surface area contributed by atoms with Crippen LogP contribution in [0.25, 0.3) is 0 Å². The Hall–Kier alpha value is -2.86. The lowest BCUT2D eigenvalue weighted by Gasteiger charge is -2.31. The van der Waals surface area contributed by atoms with Gasteiger partial charge < -0.3 is 20.7 Å². The summed E-state index contributed by atoms with van der Waals surface area (Å²) in [6.45, 7) is 4.70. The van der Waals surface area contributed by atoms with Crippen LogP contribution in [0.15, 0.2) is 48.5 Å². The van der Waals surface area contributed by atoms with E-state index >= 15 is 0 Å². The van der Waals surface area contributed by atoms with Crippen molar-refractivity contribution in [2.24, 2.45) is 11.7 Å². The van der Waals surface area contributed by atoms with Gasteiger partial charge in [-0.05, 0) is 48.9 Å². The lowest BCUT2D eigenvalue weighted by Crippen LogP contribution is -2.41. The number of carbonyl (C=O) groups is 2. The van der Waals surface area contributed by atoms with Crippen LogP contribution in [0.3, 0.4) is 0 Å². The molecule has 1 saturated heterocycles. The average molecular weight is 396 g/mol. The zero-order valence-corrected chi connectivity index (χ0v) is 16.9. The summed E-state index contributed by atoms with van der Waals surface area (Å²) in [5.41, 5.74) is 9.39. The van der Waals surface area contributed by atoms with Gasteiger partial charge in [-0.1, -0.05) is 42.0 Å². The number of amides is 2. The maximum atomic E-state index is 12.3. The van der Waals surface area contributed by atoms with Crippen LogP contribution in [-0.2, 0) is 17.9 Å². The number of nitrogens with two attached hydrogens (primary N) is 1. The van der Waals surface area contributed by atoms with E-state index in [0.717, 1.165) is 24.0 Å². The quantitative estimate of drug-likeness (QED) is 0.786. The number of piperidine rings is 1. The Bertz CT molecular complexity index is 810. The molecule has 0 aliphatic carbocycles. The number of carbonyl (C=O) groups excluding carboxylic acids is 2. The van der Waals surface area contributed by atoms with Crippen LogP contribution in [0.5, 0.6) is 0 Å². The van der Waals surface area contributed by atoms with E-state index in [1.54, 1.807) is 17.0 Å². The number of nitrogens with zero attached hydrogens (tertiary/aromatic N) is 1. The second-order valence-corrected chi connectivity index (χ2v) is 7.58. The molecular formula is C23H29N3O3. The van der Waals surface area contributed by atoms with Crippen molar-refractivity contribution in [2.45, 2.75) is 32.9 Å². The molecule has 0 aromatic heterocycles. The second-order valence-electron chi connectivity index (χ2n) is 7.58. The number of rotatable bonds is 6. The van der Waals surface area contributed by atoms with E-state index in [4.69, 9.17) is 10.5 Å². The Morgan fingerprint density at radius 2 is 1.66 bits per heavy atom. The highest BCUT2D eigenvalue weighted by Crippen LogP contribution is 2.18. The van der Waals surface area contributed by atoms with Gasteiger partial charge in [0.25, 0.3) is 5.91 Å². The van der Waals surface area contributed by atoms with E-state index < -0.39 is 0 Å². The third-order valence-electron chi connectivity index (χ3n) is 5.36. The van der Waals surface area contributed by atoms with Gasteiger partial charge in [0.1, 0.15) is 6.61 Å². The monoisotopic (exact) mass is 395 g/mol. The largest absolute Gasteiger partial charge is 0.445 e. The average Bonchev–Trinajstić information content (AvgIpc) is 2.77. The summed E-state index contributed by atoms with van der Waals surface area (Å²) in [4.78, 5) is 26.3. The Balaban J connectivity index is 1.37. The van der Waals surface area contributed by atoms with E-state index in [9.17, 15) is 9.59 Å². The Labute approximate surface area is 172 Å². The molecule has 0 bridgehead atoms. The van der Waals surface area contributed by atoms with Crippen molar-refractivity contribution < 1.29 is 14.3 Å². The summed E-state index contributed by atoms with van der Waals surface area (Å²) in [6.07, 6.45) is 1.44. The van der Waals surface area contributed by atoms with Gasteiger partial charge in [0.05, 0.1) is 0 Å². The molecule has 1 aliphatic heterocycles. The van der Waals surface area contributed by atoms with Crippen molar-refractivity contribution >= 4 is 12.0 Å². The molecule has 1 heterocycles. The summed E-state index contributed by atoms with van der Waals surface area (Å²) in [6, 6.07) is 15.3. The SMILES string of the molecule is Cc1ccc(COC(=O)N2CCC(CNC(=O)c3ccc(CN)cc3)CC2)cc1. The fourth-order valence-corrected chi connectivity index (χ4v) is 3.37. The first kappa shape index (κ1) is 20.9. The van der Waals surface area contributed by atoms with Crippen LogP contribution < -0.4 is 11.1 Å². The zero-order valence-electron chi connectivity index (χ0n) is 16.9. The van der Waals surface area contributed by atoms with E-state index in [2.05, 4.69) is 5.32 Å². The lowest BCUT2D eigenvalue weighted by molar-refractivity contribution is 0.0801. The van der Waals surface area contributed by atoms with Crippen molar-refractivity contribution in [1.29, 1.82) is 0 Å². The van der Waals surface area contributed by atoms with Gasteiger partial charge in [-0.25, -0.2) is 4.79 Å². The molecule has 0 saturated carbocycles. The number of hydrogen-bond acceptors (Lipinski definition) is 4. The van der Waals surface area contributed by atoms with E-state index in [1.165, 1.54) is 5.56 Å². The first-order chi connectivity index (χ1) is 14.0. The fourth-order valence-electron chi connectivity index (χ4n) is 3.37. The standard InChI is InChI=1S/C23H29N3O3/c1-17-2-4-20(5-3-17)16-29-23(28)26-12-10-19(11-13-26)15-25-22(27)21-8-6-18(14-24)7-9-21/h2-9,19H,10-16,24H2,1H3,(H,25,27). The molecule has 2 aromatic rings. The van der Waals surface area contributed by atoms with Crippen LogP contribution in [0.4, 0.5) is 4.79 Å². The molecule has 0 spiro atoms. The van der Waals surface area contributed by atoms with Crippen molar-refractivity contribution in [3.63, 3.8) is 0 Å². The Morgan fingerprint density at radius 1 is 1.03 bits per heavy atom. The number of ether oxygens (including phenoxy) is 1. The van der Waals surface area contributed by atoms with Gasteiger partial charge >= 0.3 is 6.09 Å². The van der Waals surface area contributed by atoms with Crippen LogP contribution in [0.2, 0.25) is 0 Å².